The zero-order valence-electron chi connectivity index (χ0n) is 6.15. The van der Waals surface area contributed by atoms with Gasteiger partial charge >= 0.3 is 0 Å². The van der Waals surface area contributed by atoms with Crippen LogP contribution in [-0.4, -0.2) is 10.7 Å². The molecular weight excluding hydrogens is 138 g/mol. The van der Waals surface area contributed by atoms with E-state index in [4.69, 9.17) is 5.26 Å². The number of nitrogens with zero attached hydrogens (tertiary/aromatic N) is 3. The third-order valence-electron chi connectivity index (χ3n) is 1.10. The Bertz CT molecular complexity index is 295. The van der Waals surface area contributed by atoms with Gasteiger partial charge in [0.25, 0.3) is 0 Å². The fourth-order valence-corrected chi connectivity index (χ4v) is 0.639. The lowest BCUT2D eigenvalue weighted by Gasteiger charge is -1.89. The minimum atomic E-state index is 0.443. The molecule has 1 heterocycles. The molecule has 54 valence electrons. The minimum Gasteiger partial charge on any atom is -0.262 e. The fourth-order valence-electron chi connectivity index (χ4n) is 0.639. The Balaban J connectivity index is 2.90. The van der Waals surface area contributed by atoms with E-state index in [0.29, 0.717) is 11.4 Å². The number of hydrogen-bond donors (Lipinski definition) is 0. The standard InChI is InChI=1S/C8H7N3/c1-7(5-9)11-8-3-2-4-10-6-8/h2-4,6H,1H3. The lowest BCUT2D eigenvalue weighted by molar-refractivity contribution is 1.30. The van der Waals surface area contributed by atoms with E-state index in [2.05, 4.69) is 9.98 Å². The summed E-state index contributed by atoms with van der Waals surface area (Å²) < 4.78 is 0. The van der Waals surface area contributed by atoms with Gasteiger partial charge in [-0.15, -0.1) is 0 Å². The van der Waals surface area contributed by atoms with E-state index < -0.39 is 0 Å². The van der Waals surface area contributed by atoms with Gasteiger partial charge in [-0.25, -0.2) is 4.99 Å². The Labute approximate surface area is 65.0 Å². The van der Waals surface area contributed by atoms with Gasteiger partial charge in [-0.1, -0.05) is 0 Å². The van der Waals surface area contributed by atoms with Crippen LogP contribution in [0.15, 0.2) is 29.5 Å². The highest BCUT2D eigenvalue weighted by molar-refractivity contribution is 5.97. The predicted molar refractivity (Wildman–Crippen MR) is 42.6 cm³/mol. The molecule has 0 aromatic carbocycles. The zero-order chi connectivity index (χ0) is 8.10. The fraction of sp³-hybridized carbons (Fsp3) is 0.125. The van der Waals surface area contributed by atoms with Crippen LogP contribution in [0.4, 0.5) is 5.69 Å². The van der Waals surface area contributed by atoms with E-state index in [9.17, 15) is 0 Å². The molecule has 0 unspecified atom stereocenters. The van der Waals surface area contributed by atoms with Crippen LogP contribution >= 0.6 is 0 Å². The molecule has 0 aliphatic carbocycles. The van der Waals surface area contributed by atoms with Gasteiger partial charge in [0.1, 0.15) is 11.8 Å². The van der Waals surface area contributed by atoms with E-state index in [1.54, 1.807) is 31.5 Å². The van der Waals surface area contributed by atoms with Crippen molar-refractivity contribution in [3.8, 4) is 6.07 Å². The Hall–Kier alpha value is -1.69. The summed E-state index contributed by atoms with van der Waals surface area (Å²) in [5.41, 5.74) is 1.16. The SMILES string of the molecule is CC(C#N)=Nc1cccnc1. The second-order valence-electron chi connectivity index (χ2n) is 2.02. The summed E-state index contributed by atoms with van der Waals surface area (Å²) in [5, 5.41) is 8.39. The van der Waals surface area contributed by atoms with E-state index >= 15 is 0 Å². The van der Waals surface area contributed by atoms with Crippen molar-refractivity contribution in [2.45, 2.75) is 6.92 Å². The largest absolute Gasteiger partial charge is 0.262 e. The molecule has 1 aromatic rings. The third kappa shape index (κ3) is 2.18. The average Bonchev–Trinajstić information content (AvgIpc) is 2.06. The van der Waals surface area contributed by atoms with Gasteiger partial charge in [-0.05, 0) is 19.1 Å². The topological polar surface area (TPSA) is 49.0 Å². The maximum absolute atomic E-state index is 8.39. The summed E-state index contributed by atoms with van der Waals surface area (Å²) in [7, 11) is 0. The predicted octanol–water partition coefficient (Wildman–Crippen LogP) is 1.70. The van der Waals surface area contributed by atoms with Crippen molar-refractivity contribution < 1.29 is 0 Å². The molecule has 0 atom stereocenters. The van der Waals surface area contributed by atoms with Crippen LogP contribution in [0.3, 0.4) is 0 Å². The molecule has 0 radical (unpaired) electrons. The van der Waals surface area contributed by atoms with E-state index in [1.807, 2.05) is 6.07 Å². The first-order valence-electron chi connectivity index (χ1n) is 3.18. The molecule has 0 fully saturated rings. The molecule has 0 saturated heterocycles. The number of aromatic nitrogens is 1. The Morgan fingerprint density at radius 2 is 2.55 bits per heavy atom. The van der Waals surface area contributed by atoms with Crippen molar-refractivity contribution in [1.29, 1.82) is 5.26 Å². The first-order chi connectivity index (χ1) is 5.33. The lowest BCUT2D eigenvalue weighted by Crippen LogP contribution is -1.81. The normalized spacial score (nSPS) is 10.7. The van der Waals surface area contributed by atoms with Crippen LogP contribution in [-0.2, 0) is 0 Å². The molecule has 0 aliphatic heterocycles. The summed E-state index contributed by atoms with van der Waals surface area (Å²) in [4.78, 5) is 7.83. The van der Waals surface area contributed by atoms with E-state index in [-0.39, 0.29) is 0 Å². The monoisotopic (exact) mass is 145 g/mol. The molecule has 3 nitrogen and oxygen atoms in total. The van der Waals surface area contributed by atoms with Gasteiger partial charge in [-0.3, -0.25) is 4.98 Å². The Kier molecular flexibility index (Phi) is 2.34. The van der Waals surface area contributed by atoms with Gasteiger partial charge in [-0.2, -0.15) is 5.26 Å². The third-order valence-corrected chi connectivity index (χ3v) is 1.10. The molecule has 0 amide bonds. The first kappa shape index (κ1) is 7.42. The highest BCUT2D eigenvalue weighted by atomic mass is 14.8. The Morgan fingerprint density at radius 1 is 1.73 bits per heavy atom. The maximum atomic E-state index is 8.39. The molecule has 1 aromatic heterocycles. The van der Waals surface area contributed by atoms with Crippen LogP contribution in [0.2, 0.25) is 0 Å². The van der Waals surface area contributed by atoms with Crippen LogP contribution in [0.25, 0.3) is 0 Å². The van der Waals surface area contributed by atoms with Gasteiger partial charge in [0, 0.05) is 6.20 Å². The maximum Gasteiger partial charge on any atom is 0.115 e. The lowest BCUT2D eigenvalue weighted by atomic mass is 10.4. The molecular formula is C8H7N3. The van der Waals surface area contributed by atoms with Crippen LogP contribution < -0.4 is 0 Å². The number of nitriles is 1. The van der Waals surface area contributed by atoms with E-state index in [0.717, 1.165) is 0 Å². The van der Waals surface area contributed by atoms with Crippen molar-refractivity contribution in [2.24, 2.45) is 4.99 Å². The second-order valence-corrected chi connectivity index (χ2v) is 2.02. The second kappa shape index (κ2) is 3.47. The summed E-state index contributed by atoms with van der Waals surface area (Å²) >= 11 is 0. The number of hydrogen-bond acceptors (Lipinski definition) is 3. The molecule has 0 saturated carbocycles. The summed E-state index contributed by atoms with van der Waals surface area (Å²) in [6.45, 7) is 1.66. The highest BCUT2D eigenvalue weighted by Gasteiger charge is 1.87. The number of aliphatic imine (C=N–C) groups is 1. The van der Waals surface area contributed by atoms with Crippen molar-refractivity contribution in [1.82, 2.24) is 4.98 Å². The molecule has 0 aliphatic rings. The van der Waals surface area contributed by atoms with Crippen LogP contribution in [0.1, 0.15) is 6.92 Å². The molecule has 0 spiro atoms. The summed E-state index contributed by atoms with van der Waals surface area (Å²) in [6.07, 6.45) is 3.28. The molecule has 1 rings (SSSR count). The zero-order valence-corrected chi connectivity index (χ0v) is 6.15. The molecule has 0 N–H and O–H groups in total. The van der Waals surface area contributed by atoms with Gasteiger partial charge in [0.15, 0.2) is 0 Å². The van der Waals surface area contributed by atoms with E-state index in [1.165, 1.54) is 0 Å². The smallest absolute Gasteiger partial charge is 0.115 e. The minimum absolute atomic E-state index is 0.443. The quantitative estimate of drug-likeness (QED) is 0.564. The number of pyridine rings is 1. The highest BCUT2D eigenvalue weighted by Crippen LogP contribution is 2.07. The van der Waals surface area contributed by atoms with Crippen molar-refractivity contribution in [3.05, 3.63) is 24.5 Å². The summed E-state index contributed by atoms with van der Waals surface area (Å²) in [6, 6.07) is 5.52. The van der Waals surface area contributed by atoms with Gasteiger partial charge in [0.05, 0.1) is 11.9 Å². The van der Waals surface area contributed by atoms with Gasteiger partial charge in [0.2, 0.25) is 0 Å². The Morgan fingerprint density at radius 3 is 3.09 bits per heavy atom. The van der Waals surface area contributed by atoms with Crippen LogP contribution in [0.5, 0.6) is 0 Å². The van der Waals surface area contributed by atoms with Crippen molar-refractivity contribution in [3.63, 3.8) is 0 Å². The molecule has 0 bridgehead atoms. The molecule has 3 heteroatoms. The van der Waals surface area contributed by atoms with Crippen molar-refractivity contribution >= 4 is 11.4 Å². The summed E-state index contributed by atoms with van der Waals surface area (Å²) in [5.74, 6) is 0. The number of rotatable bonds is 1. The van der Waals surface area contributed by atoms with Gasteiger partial charge < -0.3 is 0 Å². The average molecular weight is 145 g/mol. The van der Waals surface area contributed by atoms with Crippen LogP contribution in [0, 0.1) is 11.3 Å². The van der Waals surface area contributed by atoms with Crippen molar-refractivity contribution in [2.75, 3.05) is 0 Å². The first-order valence-corrected chi connectivity index (χ1v) is 3.18. The molecule has 11 heavy (non-hydrogen) atoms.